The summed E-state index contributed by atoms with van der Waals surface area (Å²) < 4.78 is 39.3. The lowest BCUT2D eigenvalue weighted by molar-refractivity contribution is -0.274. The normalized spacial score (nSPS) is 12.0. The molecular weight excluding hydrogens is 233 g/mol. The number of H-pyrrole nitrogens is 1. The fourth-order valence-corrected chi connectivity index (χ4v) is 1.35. The highest BCUT2D eigenvalue weighted by molar-refractivity contribution is 6.29. The third-order valence-corrected chi connectivity index (χ3v) is 1.84. The van der Waals surface area contributed by atoms with Gasteiger partial charge >= 0.3 is 6.36 Å². The van der Waals surface area contributed by atoms with Gasteiger partial charge in [0, 0.05) is 6.07 Å². The average molecular weight is 237 g/mol. The van der Waals surface area contributed by atoms with Crippen molar-refractivity contribution in [2.75, 3.05) is 0 Å². The number of nitrogens with one attached hydrogen (secondary N) is 1. The van der Waals surface area contributed by atoms with Crippen molar-refractivity contribution in [3.05, 3.63) is 23.5 Å². The van der Waals surface area contributed by atoms with Gasteiger partial charge in [0.15, 0.2) is 0 Å². The summed E-state index contributed by atoms with van der Waals surface area (Å²) in [5.74, 6) is -0.310. The minimum atomic E-state index is -4.70. The first kappa shape index (κ1) is 10.1. The molecule has 0 aliphatic heterocycles. The number of imidazole rings is 1. The molecule has 7 heteroatoms. The van der Waals surface area contributed by atoms with Crippen LogP contribution >= 0.6 is 11.6 Å². The molecule has 80 valence electrons. The molecule has 1 aromatic carbocycles. The molecule has 15 heavy (non-hydrogen) atoms. The maximum absolute atomic E-state index is 11.9. The van der Waals surface area contributed by atoms with Crippen molar-refractivity contribution in [1.29, 1.82) is 0 Å². The number of hydrogen-bond acceptors (Lipinski definition) is 2. The molecule has 1 heterocycles. The molecule has 0 aliphatic rings. The lowest BCUT2D eigenvalue weighted by Crippen LogP contribution is -2.16. The molecule has 0 atom stereocenters. The van der Waals surface area contributed by atoms with Crippen LogP contribution in [-0.4, -0.2) is 16.3 Å². The number of ether oxygens (including phenoxy) is 1. The molecule has 0 saturated heterocycles. The first-order chi connectivity index (χ1) is 6.94. The number of nitrogens with zero attached hydrogens (tertiary/aromatic N) is 1. The number of hydrogen-bond donors (Lipinski definition) is 1. The van der Waals surface area contributed by atoms with Crippen molar-refractivity contribution in [2.24, 2.45) is 0 Å². The summed E-state index contributed by atoms with van der Waals surface area (Å²) in [5, 5.41) is 0.120. The highest BCUT2D eigenvalue weighted by atomic mass is 35.5. The Labute approximate surface area is 86.8 Å². The third-order valence-electron chi connectivity index (χ3n) is 1.66. The first-order valence-corrected chi connectivity index (χ1v) is 4.23. The van der Waals surface area contributed by atoms with Crippen LogP contribution in [0.4, 0.5) is 13.2 Å². The molecule has 0 unspecified atom stereocenters. The van der Waals surface area contributed by atoms with Crippen LogP contribution in [0.5, 0.6) is 5.75 Å². The van der Waals surface area contributed by atoms with Gasteiger partial charge < -0.3 is 9.72 Å². The molecule has 0 amide bonds. The van der Waals surface area contributed by atoms with Gasteiger partial charge in [-0.2, -0.15) is 0 Å². The number of alkyl halides is 3. The van der Waals surface area contributed by atoms with Gasteiger partial charge in [-0.25, -0.2) is 4.98 Å². The number of fused-ring (bicyclic) bond motifs is 1. The van der Waals surface area contributed by atoms with Gasteiger partial charge in [0.1, 0.15) is 5.75 Å². The lowest BCUT2D eigenvalue weighted by Gasteiger charge is -2.07. The molecule has 0 aliphatic carbocycles. The summed E-state index contributed by atoms with van der Waals surface area (Å²) in [7, 11) is 0. The van der Waals surface area contributed by atoms with E-state index in [0.29, 0.717) is 11.0 Å². The van der Waals surface area contributed by atoms with E-state index >= 15 is 0 Å². The van der Waals surface area contributed by atoms with Crippen LogP contribution in [0.25, 0.3) is 11.0 Å². The summed E-state index contributed by atoms with van der Waals surface area (Å²) in [6, 6.07) is 3.74. The molecule has 2 rings (SSSR count). The molecule has 1 N–H and O–H groups in total. The number of halogens is 4. The maximum atomic E-state index is 11.9. The predicted molar refractivity (Wildman–Crippen MR) is 47.8 cm³/mol. The van der Waals surface area contributed by atoms with Gasteiger partial charge in [-0.15, -0.1) is 13.2 Å². The summed E-state index contributed by atoms with van der Waals surface area (Å²) in [6.07, 6.45) is -4.70. The molecular formula is C8H4ClF3N2O. The Morgan fingerprint density at radius 3 is 2.73 bits per heavy atom. The largest absolute Gasteiger partial charge is 0.573 e. The van der Waals surface area contributed by atoms with E-state index in [2.05, 4.69) is 14.7 Å². The SMILES string of the molecule is FC(F)(F)Oc1ccc2nc(Cl)[nH]c2c1. The smallest absolute Gasteiger partial charge is 0.406 e. The van der Waals surface area contributed by atoms with Crippen LogP contribution in [-0.2, 0) is 0 Å². The van der Waals surface area contributed by atoms with Gasteiger partial charge in [-0.1, -0.05) is 0 Å². The minimum absolute atomic E-state index is 0.120. The van der Waals surface area contributed by atoms with Gasteiger partial charge in [0.05, 0.1) is 11.0 Å². The Kier molecular flexibility index (Phi) is 2.22. The summed E-state index contributed by atoms with van der Waals surface area (Å²) in [6.45, 7) is 0. The molecule has 3 nitrogen and oxygen atoms in total. The van der Waals surface area contributed by atoms with Crippen molar-refractivity contribution in [3.8, 4) is 5.75 Å². The van der Waals surface area contributed by atoms with E-state index < -0.39 is 6.36 Å². The lowest BCUT2D eigenvalue weighted by atomic mass is 10.3. The fourth-order valence-electron chi connectivity index (χ4n) is 1.15. The average Bonchev–Trinajstić information content (AvgIpc) is 2.40. The Bertz CT molecular complexity index is 494. The monoisotopic (exact) mass is 236 g/mol. The van der Waals surface area contributed by atoms with Crippen molar-refractivity contribution in [1.82, 2.24) is 9.97 Å². The highest BCUT2D eigenvalue weighted by Crippen LogP contribution is 2.26. The van der Waals surface area contributed by atoms with E-state index in [4.69, 9.17) is 11.6 Å². The minimum Gasteiger partial charge on any atom is -0.406 e. The second kappa shape index (κ2) is 3.30. The van der Waals surface area contributed by atoms with Crippen molar-refractivity contribution in [2.45, 2.75) is 6.36 Å². The van der Waals surface area contributed by atoms with Crippen LogP contribution in [0.1, 0.15) is 0 Å². The Balaban J connectivity index is 2.38. The number of rotatable bonds is 1. The Hall–Kier alpha value is -1.43. The van der Waals surface area contributed by atoms with Crippen LogP contribution in [0.15, 0.2) is 18.2 Å². The molecule has 0 bridgehead atoms. The zero-order valence-electron chi connectivity index (χ0n) is 7.10. The summed E-state index contributed by atoms with van der Waals surface area (Å²) in [5.41, 5.74) is 0.872. The molecule has 2 aromatic rings. The Morgan fingerprint density at radius 1 is 1.33 bits per heavy atom. The maximum Gasteiger partial charge on any atom is 0.573 e. The number of aromatic nitrogens is 2. The quantitative estimate of drug-likeness (QED) is 0.826. The molecule has 0 spiro atoms. The van der Waals surface area contributed by atoms with Crippen LogP contribution < -0.4 is 4.74 Å². The molecule has 0 saturated carbocycles. The van der Waals surface area contributed by atoms with Gasteiger partial charge in [0.2, 0.25) is 5.28 Å². The van der Waals surface area contributed by atoms with Gasteiger partial charge in [0.25, 0.3) is 0 Å². The van der Waals surface area contributed by atoms with E-state index in [-0.39, 0.29) is 11.0 Å². The van der Waals surface area contributed by atoms with Crippen LogP contribution in [0, 0.1) is 0 Å². The topological polar surface area (TPSA) is 37.9 Å². The van der Waals surface area contributed by atoms with E-state index in [0.717, 1.165) is 0 Å². The van der Waals surface area contributed by atoms with Gasteiger partial charge in [-0.05, 0) is 23.7 Å². The Morgan fingerprint density at radius 2 is 2.07 bits per heavy atom. The van der Waals surface area contributed by atoms with E-state index in [1.807, 2.05) is 0 Å². The standard InChI is InChI=1S/C8H4ClF3N2O/c9-7-13-5-2-1-4(3-6(5)14-7)15-8(10,11)12/h1-3H,(H,13,14). The first-order valence-electron chi connectivity index (χ1n) is 3.85. The number of benzene rings is 1. The summed E-state index contributed by atoms with van der Waals surface area (Å²) >= 11 is 5.54. The van der Waals surface area contributed by atoms with Crippen molar-refractivity contribution in [3.63, 3.8) is 0 Å². The second-order valence-corrected chi connectivity index (χ2v) is 3.11. The van der Waals surface area contributed by atoms with E-state index in [1.54, 1.807) is 0 Å². The highest BCUT2D eigenvalue weighted by Gasteiger charge is 2.31. The predicted octanol–water partition coefficient (Wildman–Crippen LogP) is 3.11. The zero-order valence-corrected chi connectivity index (χ0v) is 7.86. The number of aromatic amines is 1. The van der Waals surface area contributed by atoms with Crippen molar-refractivity contribution >= 4 is 22.6 Å². The second-order valence-electron chi connectivity index (χ2n) is 2.75. The van der Waals surface area contributed by atoms with Crippen LogP contribution in [0.2, 0.25) is 5.28 Å². The van der Waals surface area contributed by atoms with E-state index in [1.165, 1.54) is 18.2 Å². The molecule has 0 fully saturated rings. The van der Waals surface area contributed by atoms with Gasteiger partial charge in [-0.3, -0.25) is 0 Å². The molecule has 1 aromatic heterocycles. The van der Waals surface area contributed by atoms with Crippen molar-refractivity contribution < 1.29 is 17.9 Å². The fraction of sp³-hybridized carbons (Fsp3) is 0.125. The molecule has 0 radical (unpaired) electrons. The third kappa shape index (κ3) is 2.33. The van der Waals surface area contributed by atoms with E-state index in [9.17, 15) is 13.2 Å². The van der Waals surface area contributed by atoms with Crippen LogP contribution in [0.3, 0.4) is 0 Å². The summed E-state index contributed by atoms with van der Waals surface area (Å²) in [4.78, 5) is 6.42. The zero-order chi connectivity index (χ0) is 11.1.